The van der Waals surface area contributed by atoms with Crippen molar-refractivity contribution in [2.75, 3.05) is 0 Å². The Balaban J connectivity index is 2.58. The molecular formula is C8H8BrN. The molecule has 1 aromatic heterocycles. The van der Waals surface area contributed by atoms with Crippen molar-refractivity contribution in [3.63, 3.8) is 0 Å². The van der Waals surface area contributed by atoms with Crippen molar-refractivity contribution in [3.05, 3.63) is 28.4 Å². The molecule has 0 bridgehead atoms. The van der Waals surface area contributed by atoms with Gasteiger partial charge in [0.25, 0.3) is 0 Å². The molecule has 0 radical (unpaired) electrons. The second kappa shape index (κ2) is 2.35. The topological polar surface area (TPSA) is 12.9 Å². The first-order valence-electron chi connectivity index (χ1n) is 4.74. The summed E-state index contributed by atoms with van der Waals surface area (Å²) in [6.07, 6.45) is 2.12. The molecule has 0 N–H and O–H groups in total. The predicted molar refractivity (Wildman–Crippen MR) is 43.9 cm³/mol. The second-order valence-corrected chi connectivity index (χ2v) is 3.19. The lowest BCUT2D eigenvalue weighted by molar-refractivity contribution is 1.01. The first kappa shape index (κ1) is 3.86. The largest absolute Gasteiger partial charge is 0.246 e. The highest BCUT2D eigenvalue weighted by atomic mass is 79.9. The number of halogens is 1. The minimum absolute atomic E-state index is 0.00870. The van der Waals surface area contributed by atoms with E-state index in [1.165, 1.54) is 0 Å². The third kappa shape index (κ3) is 1.21. The number of hydrogen-bond donors (Lipinski definition) is 0. The zero-order chi connectivity index (χ0) is 9.59. The zero-order valence-electron chi connectivity index (χ0n) is 8.32. The van der Waals surface area contributed by atoms with Crippen molar-refractivity contribution in [1.29, 1.82) is 0 Å². The van der Waals surface area contributed by atoms with E-state index in [1.54, 1.807) is 0 Å². The van der Waals surface area contributed by atoms with Crippen molar-refractivity contribution in [2.24, 2.45) is 0 Å². The van der Waals surface area contributed by atoms with Crippen LogP contribution in [0, 0.1) is 0 Å². The van der Waals surface area contributed by atoms with Crippen LogP contribution >= 0.6 is 15.9 Å². The summed E-state index contributed by atoms with van der Waals surface area (Å²) in [7, 11) is 0. The minimum atomic E-state index is -0.0243. The Morgan fingerprint density at radius 2 is 2.40 bits per heavy atom. The van der Waals surface area contributed by atoms with Crippen LogP contribution in [-0.4, -0.2) is 4.98 Å². The molecule has 1 fully saturated rings. The van der Waals surface area contributed by atoms with Crippen LogP contribution in [0.25, 0.3) is 0 Å². The van der Waals surface area contributed by atoms with Crippen LogP contribution in [0.3, 0.4) is 0 Å². The Morgan fingerprint density at radius 1 is 1.60 bits per heavy atom. The van der Waals surface area contributed by atoms with E-state index in [9.17, 15) is 0 Å². The lowest BCUT2D eigenvalue weighted by Gasteiger charge is -1.95. The normalized spacial score (nSPS) is 21.5. The molecule has 0 saturated heterocycles. The molecule has 0 spiro atoms. The first-order valence-corrected chi connectivity index (χ1v) is 4.03. The molecule has 1 aromatic rings. The maximum atomic E-state index is 7.61. The molecule has 0 aromatic carbocycles. The summed E-state index contributed by atoms with van der Waals surface area (Å²) in [6, 6.07) is 0.105. The molecule has 1 heterocycles. The van der Waals surface area contributed by atoms with Gasteiger partial charge in [-0.2, -0.15) is 0 Å². The van der Waals surface area contributed by atoms with Crippen LogP contribution in [0.15, 0.2) is 22.7 Å². The lowest BCUT2D eigenvalue weighted by Crippen LogP contribution is -1.84. The van der Waals surface area contributed by atoms with E-state index in [1.807, 2.05) is 0 Å². The van der Waals surface area contributed by atoms with Crippen LogP contribution in [-0.2, 0) is 0 Å². The predicted octanol–water partition coefficient (Wildman–Crippen LogP) is 2.72. The summed E-state index contributed by atoms with van der Waals surface area (Å²) >= 11 is 3.13. The van der Waals surface area contributed by atoms with Gasteiger partial charge in [-0.15, -0.1) is 0 Å². The van der Waals surface area contributed by atoms with Crippen molar-refractivity contribution < 1.29 is 4.11 Å². The Bertz CT molecular complexity index is 363. The molecule has 0 amide bonds. The molecule has 1 aliphatic carbocycles. The fraction of sp³-hybridized carbons (Fsp3) is 0.375. The molecule has 2 heteroatoms. The number of aromatic nitrogens is 1. The van der Waals surface area contributed by atoms with Crippen molar-refractivity contribution in [3.8, 4) is 0 Å². The third-order valence-electron chi connectivity index (χ3n) is 1.54. The quantitative estimate of drug-likeness (QED) is 0.636. The van der Waals surface area contributed by atoms with Gasteiger partial charge < -0.3 is 0 Å². The van der Waals surface area contributed by atoms with E-state index in [-0.39, 0.29) is 18.1 Å². The van der Waals surface area contributed by atoms with E-state index in [4.69, 9.17) is 4.11 Å². The second-order valence-electron chi connectivity index (χ2n) is 2.44. The molecule has 52 valence electrons. The highest BCUT2D eigenvalue weighted by molar-refractivity contribution is 9.10. The highest BCUT2D eigenvalue weighted by Crippen LogP contribution is 2.39. The molecule has 1 aliphatic rings. The van der Waals surface area contributed by atoms with Gasteiger partial charge in [0.15, 0.2) is 0 Å². The van der Waals surface area contributed by atoms with Crippen LogP contribution in [0.2, 0.25) is 0 Å². The molecule has 0 aliphatic heterocycles. The molecule has 0 atom stereocenters. The molecule has 2 rings (SSSR count). The van der Waals surface area contributed by atoms with Gasteiger partial charge in [-0.1, -0.05) is 6.04 Å². The fourth-order valence-electron chi connectivity index (χ4n) is 0.859. The fourth-order valence-corrected chi connectivity index (χ4v) is 1.15. The third-order valence-corrected chi connectivity index (χ3v) is 1.91. The Kier molecular flexibility index (Phi) is 0.906. The van der Waals surface area contributed by atoms with Crippen LogP contribution in [0.4, 0.5) is 0 Å². The molecule has 0 unspecified atom stereocenters. The molecule has 10 heavy (non-hydrogen) atoms. The average molecular weight is 201 g/mol. The number of rotatable bonds is 1. The Labute approximate surface area is 72.8 Å². The highest BCUT2D eigenvalue weighted by Gasteiger charge is 2.24. The summed E-state index contributed by atoms with van der Waals surface area (Å²) in [5.41, 5.74) is 0.674. The molecule has 1 saturated carbocycles. The maximum absolute atomic E-state index is 7.61. The van der Waals surface area contributed by atoms with Crippen LogP contribution in [0.1, 0.15) is 28.6 Å². The van der Waals surface area contributed by atoms with Gasteiger partial charge in [0, 0.05) is 11.6 Å². The monoisotopic (exact) mass is 200 g/mol. The van der Waals surface area contributed by atoms with E-state index < -0.39 is 0 Å². The summed E-state index contributed by atoms with van der Waals surface area (Å²) in [4.78, 5) is 4.12. The summed E-state index contributed by atoms with van der Waals surface area (Å²) in [5, 5.41) is 0. The van der Waals surface area contributed by atoms with Crippen molar-refractivity contribution >= 4 is 15.9 Å². The lowest BCUT2D eigenvalue weighted by atomic mass is 10.3. The summed E-state index contributed by atoms with van der Waals surface area (Å²) in [5.74, 6) is 0.355. The van der Waals surface area contributed by atoms with Gasteiger partial charge in [0.05, 0.1) is 4.11 Å². The van der Waals surface area contributed by atoms with Gasteiger partial charge in [-0.3, -0.25) is 0 Å². The first-order chi connectivity index (χ1) is 6.11. The SMILES string of the molecule is [2H]c1c(Br)nc(C2CC2)c([2H])c1[2H]. The van der Waals surface area contributed by atoms with E-state index in [0.717, 1.165) is 12.8 Å². The van der Waals surface area contributed by atoms with Gasteiger partial charge in [0.2, 0.25) is 0 Å². The smallest absolute Gasteiger partial charge is 0.106 e. The van der Waals surface area contributed by atoms with Crippen LogP contribution < -0.4 is 0 Å². The van der Waals surface area contributed by atoms with E-state index >= 15 is 0 Å². The summed E-state index contributed by atoms with van der Waals surface area (Å²) < 4.78 is 22.9. The van der Waals surface area contributed by atoms with Gasteiger partial charge in [-0.25, -0.2) is 4.98 Å². The summed E-state index contributed by atoms with van der Waals surface area (Å²) in [6.45, 7) is 0. The number of nitrogens with zero attached hydrogens (tertiary/aromatic N) is 1. The van der Waals surface area contributed by atoms with Gasteiger partial charge >= 0.3 is 0 Å². The van der Waals surface area contributed by atoms with Gasteiger partial charge in [-0.05, 0) is 40.9 Å². The molecule has 1 nitrogen and oxygen atoms in total. The standard InChI is InChI=1S/C8H8BrN/c9-8-3-1-2-7(10-8)6-4-5-6/h1-3,6H,4-5H2/i1D,2D,3D. The van der Waals surface area contributed by atoms with Crippen LogP contribution in [0.5, 0.6) is 0 Å². The Morgan fingerprint density at radius 3 is 3.10 bits per heavy atom. The molecular weight excluding hydrogens is 190 g/mol. The van der Waals surface area contributed by atoms with E-state index in [2.05, 4.69) is 20.9 Å². The zero-order valence-corrected chi connectivity index (χ0v) is 6.90. The van der Waals surface area contributed by atoms with Gasteiger partial charge in [0.1, 0.15) is 4.60 Å². The number of hydrogen-bond acceptors (Lipinski definition) is 1. The minimum Gasteiger partial charge on any atom is -0.246 e. The number of pyridine rings is 1. The van der Waals surface area contributed by atoms with Crippen molar-refractivity contribution in [1.82, 2.24) is 4.98 Å². The van der Waals surface area contributed by atoms with Crippen molar-refractivity contribution in [2.45, 2.75) is 18.8 Å². The average Bonchev–Trinajstić information content (AvgIpc) is 2.91. The maximum Gasteiger partial charge on any atom is 0.106 e. The van der Waals surface area contributed by atoms with E-state index in [0.29, 0.717) is 16.2 Å². The Hall–Kier alpha value is -0.370.